The lowest BCUT2D eigenvalue weighted by molar-refractivity contribution is -0.115. The fraction of sp³-hybridized carbons (Fsp3) is 0.133. The number of anilines is 1. The van der Waals surface area contributed by atoms with Crippen LogP contribution >= 0.6 is 11.6 Å². The first-order chi connectivity index (χ1) is 8.63. The number of carbonyl (C=O) groups excluding carboxylic acids is 1. The Hall–Kier alpha value is -1.80. The van der Waals surface area contributed by atoms with E-state index in [0.29, 0.717) is 11.4 Å². The molecule has 0 fully saturated rings. The Morgan fingerprint density at radius 2 is 1.67 bits per heavy atom. The second kappa shape index (κ2) is 5.69. The number of nitrogens with one attached hydrogen (secondary N) is 1. The maximum atomic E-state index is 11.8. The predicted octanol–water partition coefficient (Wildman–Crippen LogP) is 3.83. The van der Waals surface area contributed by atoms with Gasteiger partial charge in [-0.2, -0.15) is 0 Å². The molecule has 1 amide bonds. The van der Waals surface area contributed by atoms with E-state index in [1.807, 2.05) is 43.3 Å². The van der Waals surface area contributed by atoms with Crippen molar-refractivity contribution in [3.8, 4) is 0 Å². The molecule has 0 aliphatic heterocycles. The van der Waals surface area contributed by atoms with Crippen LogP contribution in [0, 0.1) is 6.92 Å². The van der Waals surface area contributed by atoms with E-state index in [2.05, 4.69) is 5.32 Å². The number of aryl methyl sites for hydroxylation is 1. The Labute approximate surface area is 112 Å². The van der Waals surface area contributed by atoms with Gasteiger partial charge >= 0.3 is 0 Å². The summed E-state index contributed by atoms with van der Waals surface area (Å²) in [7, 11) is 0. The third-order valence-electron chi connectivity index (χ3n) is 2.61. The lowest BCUT2D eigenvalue weighted by atomic mass is 10.1. The smallest absolute Gasteiger partial charge is 0.228 e. The maximum absolute atomic E-state index is 11.8. The number of rotatable bonds is 3. The van der Waals surface area contributed by atoms with Crippen molar-refractivity contribution in [2.75, 3.05) is 5.32 Å². The van der Waals surface area contributed by atoms with E-state index < -0.39 is 0 Å². The van der Waals surface area contributed by atoms with E-state index in [-0.39, 0.29) is 5.91 Å². The summed E-state index contributed by atoms with van der Waals surface area (Å²) in [6.07, 6.45) is 0.352. The number of benzene rings is 2. The van der Waals surface area contributed by atoms with E-state index in [1.54, 1.807) is 12.1 Å². The number of hydrogen-bond acceptors (Lipinski definition) is 1. The molecule has 0 bridgehead atoms. The molecule has 3 heteroatoms. The van der Waals surface area contributed by atoms with Gasteiger partial charge in [0.2, 0.25) is 5.91 Å². The summed E-state index contributed by atoms with van der Waals surface area (Å²) in [5.41, 5.74) is 2.94. The van der Waals surface area contributed by atoms with Gasteiger partial charge in [-0.25, -0.2) is 0 Å². The molecule has 2 rings (SSSR count). The van der Waals surface area contributed by atoms with Gasteiger partial charge in [0.25, 0.3) is 0 Å². The van der Waals surface area contributed by atoms with Crippen molar-refractivity contribution in [2.24, 2.45) is 0 Å². The summed E-state index contributed by atoms with van der Waals surface area (Å²) >= 11 is 5.79. The minimum absolute atomic E-state index is 0.0267. The molecule has 0 saturated heterocycles. The van der Waals surface area contributed by atoms with Crippen LogP contribution in [0.4, 0.5) is 5.69 Å². The molecular formula is C15H14ClNO. The van der Waals surface area contributed by atoms with Crippen molar-refractivity contribution >= 4 is 23.2 Å². The molecule has 1 N–H and O–H groups in total. The zero-order valence-electron chi connectivity index (χ0n) is 10.1. The van der Waals surface area contributed by atoms with Gasteiger partial charge in [0.15, 0.2) is 0 Å². The third kappa shape index (κ3) is 3.60. The topological polar surface area (TPSA) is 29.1 Å². The average Bonchev–Trinajstić information content (AvgIpc) is 2.35. The number of carbonyl (C=O) groups is 1. The standard InChI is InChI=1S/C15H14ClNO/c1-11-2-8-14(9-3-11)17-15(18)10-12-4-6-13(16)7-5-12/h2-9H,10H2,1H3,(H,17,18). The van der Waals surface area contributed by atoms with Crippen LogP contribution < -0.4 is 5.32 Å². The lowest BCUT2D eigenvalue weighted by Gasteiger charge is -2.05. The fourth-order valence-electron chi connectivity index (χ4n) is 1.63. The fourth-order valence-corrected chi connectivity index (χ4v) is 1.76. The SMILES string of the molecule is Cc1ccc(NC(=O)Cc2ccc(Cl)cc2)cc1. The maximum Gasteiger partial charge on any atom is 0.228 e. The molecule has 0 unspecified atom stereocenters. The van der Waals surface area contributed by atoms with Crippen LogP contribution in [0.5, 0.6) is 0 Å². The van der Waals surface area contributed by atoms with Gasteiger partial charge in [0.1, 0.15) is 0 Å². The summed E-state index contributed by atoms with van der Waals surface area (Å²) in [5, 5.41) is 3.54. The number of amides is 1. The van der Waals surface area contributed by atoms with Crippen LogP contribution in [0.2, 0.25) is 5.02 Å². The van der Waals surface area contributed by atoms with Crippen molar-refractivity contribution in [3.63, 3.8) is 0 Å². The summed E-state index contributed by atoms with van der Waals surface area (Å²) < 4.78 is 0. The molecule has 0 heterocycles. The van der Waals surface area contributed by atoms with Gasteiger partial charge in [-0.1, -0.05) is 41.4 Å². The van der Waals surface area contributed by atoms with Crippen LogP contribution in [-0.2, 0) is 11.2 Å². The minimum Gasteiger partial charge on any atom is -0.326 e. The van der Waals surface area contributed by atoms with E-state index in [1.165, 1.54) is 5.56 Å². The number of hydrogen-bond donors (Lipinski definition) is 1. The van der Waals surface area contributed by atoms with Crippen molar-refractivity contribution in [1.82, 2.24) is 0 Å². The first-order valence-corrected chi connectivity index (χ1v) is 6.12. The van der Waals surface area contributed by atoms with Crippen LogP contribution in [-0.4, -0.2) is 5.91 Å². The molecule has 92 valence electrons. The minimum atomic E-state index is -0.0267. The Balaban J connectivity index is 1.96. The Morgan fingerprint density at radius 1 is 1.06 bits per heavy atom. The molecule has 0 atom stereocenters. The largest absolute Gasteiger partial charge is 0.326 e. The summed E-state index contributed by atoms with van der Waals surface area (Å²) in [5.74, 6) is -0.0267. The average molecular weight is 260 g/mol. The molecule has 18 heavy (non-hydrogen) atoms. The highest BCUT2D eigenvalue weighted by Gasteiger charge is 2.03. The lowest BCUT2D eigenvalue weighted by Crippen LogP contribution is -2.14. The molecule has 2 aromatic carbocycles. The van der Waals surface area contributed by atoms with Crippen LogP contribution in [0.1, 0.15) is 11.1 Å². The van der Waals surface area contributed by atoms with Gasteiger partial charge in [0, 0.05) is 10.7 Å². The molecule has 0 aliphatic carbocycles. The Kier molecular flexibility index (Phi) is 4.00. The predicted molar refractivity (Wildman–Crippen MR) is 75.0 cm³/mol. The molecule has 0 aliphatic rings. The normalized spacial score (nSPS) is 10.1. The summed E-state index contributed by atoms with van der Waals surface area (Å²) in [6.45, 7) is 2.01. The van der Waals surface area contributed by atoms with Crippen molar-refractivity contribution in [2.45, 2.75) is 13.3 Å². The van der Waals surface area contributed by atoms with Gasteiger partial charge in [-0.3, -0.25) is 4.79 Å². The van der Waals surface area contributed by atoms with E-state index in [9.17, 15) is 4.79 Å². The summed E-state index contributed by atoms with van der Waals surface area (Å²) in [4.78, 5) is 11.8. The van der Waals surface area contributed by atoms with Gasteiger partial charge < -0.3 is 5.32 Å². The highest BCUT2D eigenvalue weighted by Crippen LogP contribution is 2.12. The quantitative estimate of drug-likeness (QED) is 0.892. The zero-order valence-corrected chi connectivity index (χ0v) is 10.9. The van der Waals surface area contributed by atoms with Crippen LogP contribution in [0.3, 0.4) is 0 Å². The van der Waals surface area contributed by atoms with Crippen molar-refractivity contribution in [3.05, 3.63) is 64.7 Å². The zero-order chi connectivity index (χ0) is 13.0. The summed E-state index contributed by atoms with van der Waals surface area (Å²) in [6, 6.07) is 15.0. The molecule has 0 spiro atoms. The van der Waals surface area contributed by atoms with Crippen molar-refractivity contribution in [1.29, 1.82) is 0 Å². The molecule has 2 nitrogen and oxygen atoms in total. The van der Waals surface area contributed by atoms with Crippen LogP contribution in [0.15, 0.2) is 48.5 Å². The van der Waals surface area contributed by atoms with E-state index in [4.69, 9.17) is 11.6 Å². The molecular weight excluding hydrogens is 246 g/mol. The molecule has 0 saturated carbocycles. The van der Waals surface area contributed by atoms with Gasteiger partial charge in [-0.05, 0) is 36.8 Å². The van der Waals surface area contributed by atoms with E-state index >= 15 is 0 Å². The van der Waals surface area contributed by atoms with Gasteiger partial charge in [-0.15, -0.1) is 0 Å². The number of halogens is 1. The second-order valence-electron chi connectivity index (χ2n) is 4.22. The Bertz CT molecular complexity index is 482. The first kappa shape index (κ1) is 12.7. The molecule has 2 aromatic rings. The van der Waals surface area contributed by atoms with Crippen LogP contribution in [0.25, 0.3) is 0 Å². The Morgan fingerprint density at radius 3 is 2.28 bits per heavy atom. The van der Waals surface area contributed by atoms with Crippen molar-refractivity contribution < 1.29 is 4.79 Å². The highest BCUT2D eigenvalue weighted by atomic mass is 35.5. The monoisotopic (exact) mass is 259 g/mol. The molecule has 0 radical (unpaired) electrons. The third-order valence-corrected chi connectivity index (χ3v) is 2.87. The highest BCUT2D eigenvalue weighted by molar-refractivity contribution is 6.30. The van der Waals surface area contributed by atoms with Gasteiger partial charge in [0.05, 0.1) is 6.42 Å². The van der Waals surface area contributed by atoms with E-state index in [0.717, 1.165) is 11.3 Å². The second-order valence-corrected chi connectivity index (χ2v) is 4.65. The first-order valence-electron chi connectivity index (χ1n) is 5.74. The molecule has 0 aromatic heterocycles.